The van der Waals surface area contributed by atoms with Crippen LogP contribution in [-0.2, 0) is 11.3 Å². The molecule has 27 heavy (non-hydrogen) atoms. The number of carbonyl (C=O) groups is 1. The summed E-state index contributed by atoms with van der Waals surface area (Å²) in [6.07, 6.45) is 1.98. The van der Waals surface area contributed by atoms with Crippen molar-refractivity contribution in [2.75, 3.05) is 11.6 Å². The van der Waals surface area contributed by atoms with Crippen LogP contribution in [0.3, 0.4) is 0 Å². The summed E-state index contributed by atoms with van der Waals surface area (Å²) in [4.78, 5) is 25.6. The van der Waals surface area contributed by atoms with Crippen LogP contribution in [0.5, 0.6) is 0 Å². The first kappa shape index (κ1) is 18.9. The van der Waals surface area contributed by atoms with Crippen molar-refractivity contribution in [3.8, 4) is 11.3 Å². The van der Waals surface area contributed by atoms with Crippen molar-refractivity contribution in [3.05, 3.63) is 76.1 Å². The summed E-state index contributed by atoms with van der Waals surface area (Å²) < 4.78 is 1.20. The van der Waals surface area contributed by atoms with E-state index in [1.165, 1.54) is 10.7 Å². The molecule has 5 nitrogen and oxygen atoms in total. The molecule has 6 heteroatoms. The summed E-state index contributed by atoms with van der Waals surface area (Å²) in [5, 5.41) is 7.22. The number of thioether (sulfide) groups is 1. The van der Waals surface area contributed by atoms with Crippen LogP contribution in [0, 0.1) is 13.8 Å². The van der Waals surface area contributed by atoms with Gasteiger partial charge in [-0.05, 0) is 56.0 Å². The van der Waals surface area contributed by atoms with Gasteiger partial charge in [0.2, 0.25) is 5.91 Å². The molecule has 0 aliphatic heterocycles. The smallest absolute Gasteiger partial charge is 0.267 e. The number of hydrogen-bond acceptors (Lipinski definition) is 4. The first-order chi connectivity index (χ1) is 13.0. The van der Waals surface area contributed by atoms with Gasteiger partial charge in [0.05, 0.1) is 5.69 Å². The van der Waals surface area contributed by atoms with Crippen LogP contribution in [0.1, 0.15) is 11.1 Å². The zero-order chi connectivity index (χ0) is 19.4. The molecule has 3 rings (SSSR count). The van der Waals surface area contributed by atoms with Gasteiger partial charge in [-0.3, -0.25) is 9.59 Å². The average molecular weight is 379 g/mol. The van der Waals surface area contributed by atoms with Gasteiger partial charge in [0.25, 0.3) is 5.56 Å². The maximum absolute atomic E-state index is 12.4. The highest BCUT2D eigenvalue weighted by Gasteiger charge is 2.10. The number of anilines is 1. The molecule has 1 N–H and O–H groups in total. The molecular weight excluding hydrogens is 358 g/mol. The molecule has 0 radical (unpaired) electrons. The van der Waals surface area contributed by atoms with E-state index in [0.717, 1.165) is 21.6 Å². The average Bonchev–Trinajstić information content (AvgIpc) is 2.65. The molecule has 1 aromatic heterocycles. The molecule has 0 bridgehead atoms. The van der Waals surface area contributed by atoms with E-state index in [1.807, 2.05) is 62.6 Å². The van der Waals surface area contributed by atoms with Crippen LogP contribution in [0.25, 0.3) is 11.3 Å². The van der Waals surface area contributed by atoms with Crippen LogP contribution >= 0.6 is 11.8 Å². The predicted molar refractivity (Wildman–Crippen MR) is 110 cm³/mol. The third kappa shape index (κ3) is 4.65. The van der Waals surface area contributed by atoms with Crippen molar-refractivity contribution in [1.29, 1.82) is 0 Å². The van der Waals surface area contributed by atoms with E-state index in [0.29, 0.717) is 11.4 Å². The highest BCUT2D eigenvalue weighted by molar-refractivity contribution is 7.98. The maximum atomic E-state index is 12.4. The zero-order valence-corrected chi connectivity index (χ0v) is 16.3. The van der Waals surface area contributed by atoms with Crippen molar-refractivity contribution in [2.45, 2.75) is 25.3 Å². The number of hydrogen-bond donors (Lipinski definition) is 1. The molecule has 0 saturated carbocycles. The molecular formula is C21H21N3O2S. The van der Waals surface area contributed by atoms with Gasteiger partial charge >= 0.3 is 0 Å². The molecule has 0 saturated heterocycles. The van der Waals surface area contributed by atoms with Crippen molar-refractivity contribution >= 4 is 23.4 Å². The Bertz CT molecular complexity index is 1040. The molecule has 0 aliphatic carbocycles. The normalized spacial score (nSPS) is 10.6. The summed E-state index contributed by atoms with van der Waals surface area (Å²) in [6, 6.07) is 16.8. The lowest BCUT2D eigenvalue weighted by molar-refractivity contribution is -0.117. The van der Waals surface area contributed by atoms with Gasteiger partial charge in [-0.15, -0.1) is 11.8 Å². The SMILES string of the molecule is CSc1cccc(NC(=O)Cn2nc(-c3cc(C)ccc3C)ccc2=O)c1. The molecule has 3 aromatic rings. The van der Waals surface area contributed by atoms with Gasteiger partial charge in [0.15, 0.2) is 0 Å². The van der Waals surface area contributed by atoms with Crippen LogP contribution in [-0.4, -0.2) is 21.9 Å². The molecule has 0 unspecified atom stereocenters. The summed E-state index contributed by atoms with van der Waals surface area (Å²) in [7, 11) is 0. The minimum Gasteiger partial charge on any atom is -0.324 e. The molecule has 138 valence electrons. The highest BCUT2D eigenvalue weighted by atomic mass is 32.2. The van der Waals surface area contributed by atoms with Gasteiger partial charge in [0, 0.05) is 22.2 Å². The molecule has 1 heterocycles. The predicted octanol–water partition coefficient (Wildman–Crippen LogP) is 3.89. The topological polar surface area (TPSA) is 64.0 Å². The second-order valence-corrected chi connectivity index (χ2v) is 7.19. The molecule has 0 atom stereocenters. The highest BCUT2D eigenvalue weighted by Crippen LogP contribution is 2.22. The van der Waals surface area contributed by atoms with Crippen molar-refractivity contribution in [1.82, 2.24) is 9.78 Å². The Kier molecular flexibility index (Phi) is 5.76. The Hall–Kier alpha value is -2.86. The van der Waals surface area contributed by atoms with Gasteiger partial charge in [-0.1, -0.05) is 23.8 Å². The van der Waals surface area contributed by atoms with Gasteiger partial charge in [0.1, 0.15) is 6.54 Å². The number of rotatable bonds is 5. The maximum Gasteiger partial charge on any atom is 0.267 e. The first-order valence-corrected chi connectivity index (χ1v) is 9.78. The fraction of sp³-hybridized carbons (Fsp3) is 0.190. The van der Waals surface area contributed by atoms with E-state index in [4.69, 9.17) is 0 Å². The summed E-state index contributed by atoms with van der Waals surface area (Å²) in [6.45, 7) is 3.87. The third-order valence-corrected chi connectivity index (χ3v) is 4.91. The van der Waals surface area contributed by atoms with E-state index in [1.54, 1.807) is 17.8 Å². The number of nitrogens with zero attached hydrogens (tertiary/aromatic N) is 2. The van der Waals surface area contributed by atoms with Crippen molar-refractivity contribution in [2.24, 2.45) is 0 Å². The lowest BCUT2D eigenvalue weighted by Gasteiger charge is -2.10. The number of aromatic nitrogens is 2. The fourth-order valence-electron chi connectivity index (χ4n) is 2.76. The fourth-order valence-corrected chi connectivity index (χ4v) is 3.21. The van der Waals surface area contributed by atoms with E-state index in [2.05, 4.69) is 10.4 Å². The Morgan fingerprint density at radius 3 is 2.70 bits per heavy atom. The van der Waals surface area contributed by atoms with Crippen molar-refractivity contribution in [3.63, 3.8) is 0 Å². The second kappa shape index (κ2) is 8.22. The Labute approximate surface area is 162 Å². The molecule has 0 spiro atoms. The molecule has 2 aromatic carbocycles. The van der Waals surface area contributed by atoms with E-state index < -0.39 is 0 Å². The van der Waals surface area contributed by atoms with Crippen LogP contribution in [0.2, 0.25) is 0 Å². The number of carbonyl (C=O) groups excluding carboxylic acids is 1. The molecule has 0 fully saturated rings. The summed E-state index contributed by atoms with van der Waals surface area (Å²) >= 11 is 1.60. The van der Waals surface area contributed by atoms with Crippen LogP contribution < -0.4 is 10.9 Å². The third-order valence-electron chi connectivity index (χ3n) is 4.18. The quantitative estimate of drug-likeness (QED) is 0.683. The second-order valence-electron chi connectivity index (χ2n) is 6.31. The minimum atomic E-state index is -0.308. The molecule has 0 aliphatic rings. The first-order valence-electron chi connectivity index (χ1n) is 8.56. The monoisotopic (exact) mass is 379 g/mol. The number of aryl methyl sites for hydroxylation is 2. The summed E-state index contributed by atoms with van der Waals surface area (Å²) in [5.74, 6) is -0.291. The van der Waals surface area contributed by atoms with Crippen LogP contribution in [0.15, 0.2) is 64.3 Å². The van der Waals surface area contributed by atoms with Gasteiger partial charge in [-0.25, -0.2) is 4.68 Å². The number of nitrogens with one attached hydrogen (secondary N) is 1. The largest absolute Gasteiger partial charge is 0.324 e. The minimum absolute atomic E-state index is 0.138. The zero-order valence-electron chi connectivity index (χ0n) is 15.5. The Morgan fingerprint density at radius 2 is 1.93 bits per heavy atom. The number of benzene rings is 2. The Morgan fingerprint density at radius 1 is 1.11 bits per heavy atom. The lowest BCUT2D eigenvalue weighted by atomic mass is 10.0. The number of amides is 1. The van der Waals surface area contributed by atoms with E-state index in [-0.39, 0.29) is 18.0 Å². The Balaban J connectivity index is 1.83. The summed E-state index contributed by atoms with van der Waals surface area (Å²) in [5.41, 5.74) is 4.20. The van der Waals surface area contributed by atoms with Gasteiger partial charge < -0.3 is 5.32 Å². The lowest BCUT2D eigenvalue weighted by Crippen LogP contribution is -2.29. The molecule has 1 amide bonds. The van der Waals surface area contributed by atoms with Crippen molar-refractivity contribution < 1.29 is 4.79 Å². The van der Waals surface area contributed by atoms with E-state index >= 15 is 0 Å². The van der Waals surface area contributed by atoms with Gasteiger partial charge in [-0.2, -0.15) is 5.10 Å². The van der Waals surface area contributed by atoms with Crippen LogP contribution in [0.4, 0.5) is 5.69 Å². The standard InChI is InChI=1S/C21H21N3O2S/c1-14-7-8-15(2)18(11-14)19-9-10-21(26)24(23-19)13-20(25)22-16-5-4-6-17(12-16)27-3/h4-12H,13H2,1-3H3,(H,22,25). The van der Waals surface area contributed by atoms with E-state index in [9.17, 15) is 9.59 Å².